The molecule has 2 fully saturated rings. The van der Waals surface area contributed by atoms with Crippen LogP contribution in [0.2, 0.25) is 0 Å². The molecule has 186 valence electrons. The largest absolute Gasteiger partial charge is 0.306 e. The summed E-state index contributed by atoms with van der Waals surface area (Å²) in [4.78, 5) is 12.8. The van der Waals surface area contributed by atoms with E-state index in [9.17, 15) is 8.42 Å². The summed E-state index contributed by atoms with van der Waals surface area (Å²) < 4.78 is 26.1. The zero-order chi connectivity index (χ0) is 25.0. The molecule has 0 radical (unpaired) electrons. The van der Waals surface area contributed by atoms with Crippen LogP contribution < -0.4 is 0 Å². The lowest BCUT2D eigenvalue weighted by atomic mass is 9.89. The molecule has 0 unspecified atom stereocenters. The minimum absolute atomic E-state index is 0.320. The molecule has 0 atom stereocenters. The summed E-state index contributed by atoms with van der Waals surface area (Å²) >= 11 is 0. The zero-order valence-electron chi connectivity index (χ0n) is 21.1. The van der Waals surface area contributed by atoms with Crippen LogP contribution in [0.25, 0.3) is 33.8 Å². The van der Waals surface area contributed by atoms with Crippen molar-refractivity contribution in [1.29, 1.82) is 0 Å². The highest BCUT2D eigenvalue weighted by molar-refractivity contribution is 7.90. The summed E-state index contributed by atoms with van der Waals surface area (Å²) in [5, 5.41) is 0. The summed E-state index contributed by atoms with van der Waals surface area (Å²) in [6.45, 7) is 4.42. The Morgan fingerprint density at radius 3 is 2.11 bits per heavy atom. The molecule has 36 heavy (non-hydrogen) atoms. The molecule has 6 nitrogen and oxygen atoms in total. The highest BCUT2D eigenvalue weighted by Gasteiger charge is 2.30. The summed E-state index contributed by atoms with van der Waals surface area (Å²) in [5.74, 6) is 1.50. The summed E-state index contributed by atoms with van der Waals surface area (Å²) in [6, 6.07) is 18.5. The molecule has 6 rings (SSSR count). The molecule has 2 aliphatic rings. The molecule has 0 N–H and O–H groups in total. The van der Waals surface area contributed by atoms with Crippen molar-refractivity contribution in [3.8, 4) is 22.6 Å². The number of benzene rings is 2. The van der Waals surface area contributed by atoms with Gasteiger partial charge in [0, 0.05) is 23.4 Å². The standard InChI is InChI=1S/C29H32N4O2S/c1-19-18-26(22-6-4-20(5-7-22)21-14-16-32(2)17-15-21)30-29-27(19)31-28(33(29)24-10-11-24)23-8-12-25(13-9-23)36(3,34)35/h4-9,12-13,18,21,24H,10-11,14-17H2,1-3H3. The third kappa shape index (κ3) is 4.35. The van der Waals surface area contributed by atoms with Crippen molar-refractivity contribution in [1.82, 2.24) is 19.4 Å². The number of pyridine rings is 1. The molecule has 0 spiro atoms. The topological polar surface area (TPSA) is 68.1 Å². The highest BCUT2D eigenvalue weighted by atomic mass is 32.2. The highest BCUT2D eigenvalue weighted by Crippen LogP contribution is 2.42. The van der Waals surface area contributed by atoms with E-state index in [1.54, 1.807) is 12.1 Å². The number of fused-ring (bicyclic) bond motifs is 1. The predicted octanol–water partition coefficient (Wildman–Crippen LogP) is 5.62. The van der Waals surface area contributed by atoms with Crippen LogP contribution in [0.1, 0.15) is 48.8 Å². The fourth-order valence-electron chi connectivity index (χ4n) is 5.36. The van der Waals surface area contributed by atoms with E-state index >= 15 is 0 Å². The SMILES string of the molecule is Cc1cc(-c2ccc(C3CCN(C)CC3)cc2)nc2c1nc(-c1ccc(S(C)(=O)=O)cc1)n2C1CC1. The van der Waals surface area contributed by atoms with Gasteiger partial charge in [0.1, 0.15) is 11.3 Å². The smallest absolute Gasteiger partial charge is 0.175 e. The van der Waals surface area contributed by atoms with Crippen molar-refractivity contribution in [2.45, 2.75) is 49.5 Å². The van der Waals surface area contributed by atoms with E-state index in [0.717, 1.165) is 65.3 Å². The van der Waals surface area contributed by atoms with E-state index in [0.29, 0.717) is 16.9 Å². The number of hydrogen-bond acceptors (Lipinski definition) is 5. The lowest BCUT2D eigenvalue weighted by Gasteiger charge is -2.29. The Bertz CT molecular complexity index is 1530. The van der Waals surface area contributed by atoms with Crippen LogP contribution in [0.15, 0.2) is 59.5 Å². The van der Waals surface area contributed by atoms with Crippen molar-refractivity contribution < 1.29 is 8.42 Å². The maximum atomic E-state index is 11.9. The van der Waals surface area contributed by atoms with E-state index in [2.05, 4.69) is 53.8 Å². The average Bonchev–Trinajstić information content (AvgIpc) is 3.63. The van der Waals surface area contributed by atoms with Crippen LogP contribution in [0.5, 0.6) is 0 Å². The fourth-order valence-corrected chi connectivity index (χ4v) is 6.00. The first kappa shape index (κ1) is 23.4. The normalized spacial score (nSPS) is 17.6. The first-order valence-electron chi connectivity index (χ1n) is 12.8. The van der Waals surface area contributed by atoms with Crippen LogP contribution >= 0.6 is 0 Å². The molecule has 4 aromatic rings. The van der Waals surface area contributed by atoms with Crippen molar-refractivity contribution in [2.75, 3.05) is 26.4 Å². The maximum Gasteiger partial charge on any atom is 0.175 e. The second-order valence-corrected chi connectivity index (χ2v) is 12.5. The molecule has 1 saturated heterocycles. The van der Waals surface area contributed by atoms with Gasteiger partial charge in [-0.1, -0.05) is 24.3 Å². The first-order chi connectivity index (χ1) is 17.3. The number of sulfone groups is 1. The Morgan fingerprint density at radius 2 is 1.50 bits per heavy atom. The van der Waals surface area contributed by atoms with Gasteiger partial charge in [-0.2, -0.15) is 0 Å². The van der Waals surface area contributed by atoms with Crippen LogP contribution in [-0.2, 0) is 9.84 Å². The number of nitrogens with zero attached hydrogens (tertiary/aromatic N) is 4. The molecule has 7 heteroatoms. The van der Waals surface area contributed by atoms with Gasteiger partial charge < -0.3 is 9.47 Å². The molecule has 0 bridgehead atoms. The third-order valence-electron chi connectivity index (χ3n) is 7.69. The van der Waals surface area contributed by atoms with Crippen LogP contribution in [0, 0.1) is 6.92 Å². The first-order valence-corrected chi connectivity index (χ1v) is 14.7. The summed E-state index contributed by atoms with van der Waals surface area (Å²) in [7, 11) is -1.04. The molecule has 1 saturated carbocycles. The Kier molecular flexibility index (Phi) is 5.73. The Morgan fingerprint density at radius 1 is 0.861 bits per heavy atom. The van der Waals surface area contributed by atoms with E-state index in [1.165, 1.54) is 24.7 Å². The molecular weight excluding hydrogens is 468 g/mol. The molecule has 0 amide bonds. The van der Waals surface area contributed by atoms with Gasteiger partial charge in [-0.05, 0) is 100 Å². The maximum absolute atomic E-state index is 11.9. The number of aromatic nitrogens is 3. The lowest BCUT2D eigenvalue weighted by molar-refractivity contribution is 0.255. The van der Waals surface area contributed by atoms with E-state index in [-0.39, 0.29) is 0 Å². The van der Waals surface area contributed by atoms with Crippen LogP contribution in [0.4, 0.5) is 0 Å². The van der Waals surface area contributed by atoms with Gasteiger partial charge in [0.05, 0.1) is 10.6 Å². The molecule has 3 heterocycles. The minimum Gasteiger partial charge on any atom is -0.306 e. The molecule has 2 aromatic heterocycles. The van der Waals surface area contributed by atoms with Gasteiger partial charge in [0.2, 0.25) is 0 Å². The van der Waals surface area contributed by atoms with Crippen LogP contribution in [0.3, 0.4) is 0 Å². The van der Waals surface area contributed by atoms with E-state index in [4.69, 9.17) is 9.97 Å². The van der Waals surface area contributed by atoms with E-state index in [1.807, 2.05) is 12.1 Å². The summed E-state index contributed by atoms with van der Waals surface area (Å²) in [6.07, 6.45) is 5.88. The van der Waals surface area contributed by atoms with E-state index < -0.39 is 9.84 Å². The van der Waals surface area contributed by atoms with Gasteiger partial charge in [-0.15, -0.1) is 0 Å². The predicted molar refractivity (Wildman–Crippen MR) is 144 cm³/mol. The van der Waals surface area contributed by atoms with Crippen molar-refractivity contribution in [3.63, 3.8) is 0 Å². The van der Waals surface area contributed by atoms with Crippen molar-refractivity contribution >= 4 is 21.0 Å². The Hall–Kier alpha value is -3.03. The average molecular weight is 501 g/mol. The Balaban J connectivity index is 1.38. The fraction of sp³-hybridized carbons (Fsp3) is 0.379. The minimum atomic E-state index is -3.24. The Labute approximate surface area is 212 Å². The lowest BCUT2D eigenvalue weighted by Crippen LogP contribution is -2.29. The quantitative estimate of drug-likeness (QED) is 0.356. The molecule has 1 aliphatic carbocycles. The number of piperidine rings is 1. The van der Waals surface area contributed by atoms with Crippen molar-refractivity contribution in [3.05, 3.63) is 65.7 Å². The molecular formula is C29H32N4O2S. The molecule has 2 aromatic carbocycles. The van der Waals surface area contributed by atoms with Gasteiger partial charge in [0.15, 0.2) is 15.5 Å². The van der Waals surface area contributed by atoms with Crippen LogP contribution in [-0.4, -0.2) is 54.2 Å². The van der Waals surface area contributed by atoms with Gasteiger partial charge >= 0.3 is 0 Å². The van der Waals surface area contributed by atoms with Gasteiger partial charge in [0.25, 0.3) is 0 Å². The van der Waals surface area contributed by atoms with Crippen molar-refractivity contribution in [2.24, 2.45) is 0 Å². The second-order valence-electron chi connectivity index (χ2n) is 10.5. The van der Waals surface area contributed by atoms with Gasteiger partial charge in [-0.3, -0.25) is 0 Å². The number of likely N-dealkylation sites (tertiary alicyclic amines) is 1. The second kappa shape index (κ2) is 8.82. The van der Waals surface area contributed by atoms with Gasteiger partial charge in [-0.25, -0.2) is 18.4 Å². The number of aryl methyl sites for hydroxylation is 1. The number of hydrogen-bond donors (Lipinski definition) is 0. The molecule has 1 aliphatic heterocycles. The number of imidazole rings is 1. The summed E-state index contributed by atoms with van der Waals surface area (Å²) in [5.41, 5.74) is 7.35. The zero-order valence-corrected chi connectivity index (χ0v) is 21.9. The third-order valence-corrected chi connectivity index (χ3v) is 8.82. The number of rotatable bonds is 5. The monoisotopic (exact) mass is 500 g/mol.